The number of para-hydroxylation sites is 1. The number of hydrogen-bond acceptors (Lipinski definition) is 4. The quantitative estimate of drug-likeness (QED) is 0.602. The second kappa shape index (κ2) is 8.84. The molecule has 0 unspecified atom stereocenters. The van der Waals surface area contributed by atoms with Gasteiger partial charge in [-0.1, -0.05) is 18.2 Å². The number of sulfonamides is 1. The lowest BCUT2D eigenvalue weighted by Crippen LogP contribution is -2.47. The maximum atomic E-state index is 13.7. The number of nitrogens with one attached hydrogen (secondary N) is 1. The summed E-state index contributed by atoms with van der Waals surface area (Å²) in [5, 5.41) is 2.72. The molecule has 0 bridgehead atoms. The molecular formula is C21H22F2N4O3S. The number of carbonyl (C=O) groups is 1. The first kappa shape index (κ1) is 22.4. The molecule has 0 fully saturated rings. The van der Waals surface area contributed by atoms with Crippen LogP contribution in [0.1, 0.15) is 18.3 Å². The first-order valence-corrected chi connectivity index (χ1v) is 11.2. The Balaban J connectivity index is 1.83. The van der Waals surface area contributed by atoms with Crippen molar-refractivity contribution >= 4 is 21.6 Å². The number of nitrogens with zero attached hydrogens (tertiary/aromatic N) is 3. The zero-order chi connectivity index (χ0) is 22.8. The smallest absolute Gasteiger partial charge is 0.243 e. The lowest BCUT2D eigenvalue weighted by Gasteiger charge is -2.28. The van der Waals surface area contributed by atoms with E-state index < -0.39 is 33.6 Å². The number of amides is 1. The zero-order valence-electron chi connectivity index (χ0n) is 17.2. The summed E-state index contributed by atoms with van der Waals surface area (Å²) in [5.74, 6) is -2.13. The van der Waals surface area contributed by atoms with Crippen LogP contribution in [0.5, 0.6) is 0 Å². The molecule has 31 heavy (non-hydrogen) atoms. The van der Waals surface area contributed by atoms with Crippen LogP contribution in [-0.2, 0) is 21.4 Å². The molecule has 0 saturated heterocycles. The number of anilines is 1. The van der Waals surface area contributed by atoms with Gasteiger partial charge >= 0.3 is 0 Å². The highest BCUT2D eigenvalue weighted by atomic mass is 32.2. The fourth-order valence-electron chi connectivity index (χ4n) is 3.29. The van der Waals surface area contributed by atoms with E-state index in [0.717, 1.165) is 45.8 Å². The molecule has 2 aromatic carbocycles. The number of aryl methyl sites for hydroxylation is 1. The van der Waals surface area contributed by atoms with Crippen LogP contribution in [-0.4, -0.2) is 36.2 Å². The lowest BCUT2D eigenvalue weighted by atomic mass is 10.1. The molecule has 1 atom stereocenters. The second-order valence-corrected chi connectivity index (χ2v) is 8.88. The van der Waals surface area contributed by atoms with E-state index in [1.807, 2.05) is 35.8 Å². The van der Waals surface area contributed by atoms with Crippen molar-refractivity contribution in [2.75, 3.05) is 10.6 Å². The standard InChI is InChI=1S/C21H22F2N4O3S/c1-14(27(31(3,29)30)17-8-9-18(22)19(23)12-17)21(28)25-13-16-6-4-5-7-20(16)26-11-10-24-15(26)2/h4-12,14H,13H2,1-3H3,(H,25,28)/t14-/m0/s1. The van der Waals surface area contributed by atoms with Gasteiger partial charge in [-0.05, 0) is 37.6 Å². The van der Waals surface area contributed by atoms with Gasteiger partial charge in [0.15, 0.2) is 11.6 Å². The summed E-state index contributed by atoms with van der Waals surface area (Å²) in [5.41, 5.74) is 1.48. The summed E-state index contributed by atoms with van der Waals surface area (Å²) < 4.78 is 54.2. The second-order valence-electron chi connectivity index (χ2n) is 7.02. The highest BCUT2D eigenvalue weighted by Crippen LogP contribution is 2.23. The maximum Gasteiger partial charge on any atom is 0.243 e. The van der Waals surface area contributed by atoms with Crippen molar-refractivity contribution in [3.63, 3.8) is 0 Å². The topological polar surface area (TPSA) is 84.3 Å². The fraction of sp³-hybridized carbons (Fsp3) is 0.238. The van der Waals surface area contributed by atoms with Crippen LogP contribution in [0.3, 0.4) is 0 Å². The average Bonchev–Trinajstić information content (AvgIpc) is 3.13. The number of aromatic nitrogens is 2. The molecule has 164 valence electrons. The average molecular weight is 448 g/mol. The highest BCUT2D eigenvalue weighted by molar-refractivity contribution is 7.92. The number of benzene rings is 2. The van der Waals surface area contributed by atoms with Crippen molar-refractivity contribution < 1.29 is 22.0 Å². The normalized spacial score (nSPS) is 12.4. The van der Waals surface area contributed by atoms with Crippen LogP contribution >= 0.6 is 0 Å². The summed E-state index contributed by atoms with van der Waals surface area (Å²) in [4.78, 5) is 17.0. The number of rotatable bonds is 7. The predicted molar refractivity (Wildman–Crippen MR) is 113 cm³/mol. The molecule has 3 rings (SSSR count). The van der Waals surface area contributed by atoms with Crippen molar-refractivity contribution in [3.8, 4) is 5.69 Å². The van der Waals surface area contributed by atoms with Crippen LogP contribution in [0.25, 0.3) is 5.69 Å². The Labute approximate surface area is 179 Å². The van der Waals surface area contributed by atoms with E-state index in [1.165, 1.54) is 6.92 Å². The van der Waals surface area contributed by atoms with Crippen molar-refractivity contribution in [2.24, 2.45) is 0 Å². The molecule has 7 nitrogen and oxygen atoms in total. The van der Waals surface area contributed by atoms with Gasteiger partial charge in [0, 0.05) is 25.0 Å². The molecule has 0 aliphatic rings. The van der Waals surface area contributed by atoms with Crippen molar-refractivity contribution in [1.29, 1.82) is 0 Å². The van der Waals surface area contributed by atoms with E-state index >= 15 is 0 Å². The van der Waals surface area contributed by atoms with Gasteiger partial charge in [-0.3, -0.25) is 9.10 Å². The number of hydrogen-bond donors (Lipinski definition) is 1. The van der Waals surface area contributed by atoms with Gasteiger partial charge in [0.1, 0.15) is 11.9 Å². The van der Waals surface area contributed by atoms with Crippen molar-refractivity contribution in [3.05, 3.63) is 77.9 Å². The SMILES string of the molecule is Cc1nccn1-c1ccccc1CNC(=O)[C@H](C)N(c1ccc(F)c(F)c1)S(C)(=O)=O. The minimum atomic E-state index is -3.95. The van der Waals surface area contributed by atoms with E-state index in [4.69, 9.17) is 0 Å². The van der Waals surface area contributed by atoms with Gasteiger partial charge in [0.25, 0.3) is 0 Å². The third-order valence-corrected chi connectivity index (χ3v) is 6.02. The largest absolute Gasteiger partial charge is 0.350 e. The highest BCUT2D eigenvalue weighted by Gasteiger charge is 2.29. The van der Waals surface area contributed by atoms with Crippen LogP contribution in [0, 0.1) is 18.6 Å². The molecule has 3 aromatic rings. The van der Waals surface area contributed by atoms with E-state index in [9.17, 15) is 22.0 Å². The maximum absolute atomic E-state index is 13.7. The molecular weight excluding hydrogens is 426 g/mol. The molecule has 1 aromatic heterocycles. The fourth-order valence-corrected chi connectivity index (χ4v) is 4.46. The molecule has 0 radical (unpaired) electrons. The molecule has 0 saturated carbocycles. The Morgan fingerprint density at radius 3 is 2.52 bits per heavy atom. The summed E-state index contributed by atoms with van der Waals surface area (Å²) >= 11 is 0. The monoisotopic (exact) mass is 448 g/mol. The molecule has 1 heterocycles. The molecule has 1 amide bonds. The van der Waals surface area contributed by atoms with Crippen molar-refractivity contribution in [1.82, 2.24) is 14.9 Å². The van der Waals surface area contributed by atoms with Gasteiger partial charge in [0.05, 0.1) is 17.6 Å². The van der Waals surface area contributed by atoms with E-state index in [1.54, 1.807) is 12.4 Å². The molecule has 0 aliphatic heterocycles. The molecule has 1 N–H and O–H groups in total. The van der Waals surface area contributed by atoms with Gasteiger partial charge in [0.2, 0.25) is 15.9 Å². The van der Waals surface area contributed by atoms with Gasteiger partial charge in [-0.2, -0.15) is 0 Å². The van der Waals surface area contributed by atoms with Crippen LogP contribution < -0.4 is 9.62 Å². The number of carbonyl (C=O) groups excluding carboxylic acids is 1. The Morgan fingerprint density at radius 1 is 1.19 bits per heavy atom. The Hall–Kier alpha value is -3.27. The predicted octanol–water partition coefficient (Wildman–Crippen LogP) is 2.93. The van der Waals surface area contributed by atoms with Crippen LogP contribution in [0.2, 0.25) is 0 Å². The van der Waals surface area contributed by atoms with E-state index in [0.29, 0.717) is 0 Å². The Morgan fingerprint density at radius 2 is 1.90 bits per heavy atom. The van der Waals surface area contributed by atoms with Crippen LogP contribution in [0.15, 0.2) is 54.9 Å². The van der Waals surface area contributed by atoms with Gasteiger partial charge < -0.3 is 9.88 Å². The zero-order valence-corrected chi connectivity index (χ0v) is 18.0. The first-order valence-electron chi connectivity index (χ1n) is 9.40. The summed E-state index contributed by atoms with van der Waals surface area (Å²) in [6.07, 6.45) is 4.36. The summed E-state index contributed by atoms with van der Waals surface area (Å²) in [7, 11) is -3.95. The Bertz CT molecular complexity index is 1210. The third-order valence-electron chi connectivity index (χ3n) is 4.78. The van der Waals surface area contributed by atoms with Gasteiger partial charge in [-0.25, -0.2) is 22.2 Å². The third kappa shape index (κ3) is 4.91. The molecule has 0 spiro atoms. The summed E-state index contributed by atoms with van der Waals surface area (Å²) in [6, 6.07) is 8.88. The first-order chi connectivity index (χ1) is 14.6. The summed E-state index contributed by atoms with van der Waals surface area (Å²) in [6.45, 7) is 3.36. The number of halogens is 2. The minimum Gasteiger partial charge on any atom is -0.350 e. The van der Waals surface area contributed by atoms with E-state index in [2.05, 4.69) is 10.3 Å². The number of imidazole rings is 1. The minimum absolute atomic E-state index is 0.131. The lowest BCUT2D eigenvalue weighted by molar-refractivity contribution is -0.122. The van der Waals surface area contributed by atoms with Crippen molar-refractivity contribution in [2.45, 2.75) is 26.4 Å². The van der Waals surface area contributed by atoms with Gasteiger partial charge in [-0.15, -0.1) is 0 Å². The molecule has 0 aliphatic carbocycles. The van der Waals surface area contributed by atoms with Crippen LogP contribution in [0.4, 0.5) is 14.5 Å². The molecule has 10 heteroatoms. The van der Waals surface area contributed by atoms with E-state index in [-0.39, 0.29) is 12.2 Å². The Kier molecular flexibility index (Phi) is 6.40.